The summed E-state index contributed by atoms with van der Waals surface area (Å²) >= 11 is 8.81. The number of nitrogens with one attached hydrogen (secondary N) is 1. The Morgan fingerprint density at radius 1 is 1.12 bits per heavy atom. The number of thiophene rings is 1. The zero-order chi connectivity index (χ0) is 22.7. The summed E-state index contributed by atoms with van der Waals surface area (Å²) in [5.74, 6) is -1.68. The molecule has 9 heteroatoms. The van der Waals surface area contributed by atoms with Crippen molar-refractivity contribution in [3.8, 4) is 0 Å². The Morgan fingerprint density at radius 2 is 1.97 bits per heavy atom. The lowest BCUT2D eigenvalue weighted by Gasteiger charge is -2.21. The first-order chi connectivity index (χ1) is 16.0. The maximum absolute atomic E-state index is 13.3. The number of H-pyrrole nitrogens is 1. The molecule has 0 aliphatic carbocycles. The van der Waals surface area contributed by atoms with Crippen LogP contribution in [0.1, 0.15) is 16.5 Å². The molecular weight excluding hydrogens is 478 g/mol. The molecule has 4 heterocycles. The molecule has 162 valence electrons. The molecule has 3 aromatic heterocycles. The van der Waals surface area contributed by atoms with Crippen molar-refractivity contribution < 1.29 is 14.7 Å². The summed E-state index contributed by atoms with van der Waals surface area (Å²) in [6.45, 7) is 0. The minimum Gasteiger partial charge on any atom is -0.507 e. The number of hydrogen-bond acceptors (Lipinski definition) is 6. The zero-order valence-corrected chi connectivity index (χ0v) is 19.2. The van der Waals surface area contributed by atoms with Gasteiger partial charge in [-0.1, -0.05) is 47.2 Å². The fourth-order valence-electron chi connectivity index (χ4n) is 4.15. The van der Waals surface area contributed by atoms with Gasteiger partial charge in [0, 0.05) is 32.6 Å². The Hall–Kier alpha value is -3.46. The van der Waals surface area contributed by atoms with E-state index in [-0.39, 0.29) is 11.3 Å². The van der Waals surface area contributed by atoms with Gasteiger partial charge in [-0.05, 0) is 35.7 Å². The molecule has 33 heavy (non-hydrogen) atoms. The number of anilines is 1. The van der Waals surface area contributed by atoms with E-state index in [2.05, 4.69) is 9.97 Å². The number of aromatic nitrogens is 2. The normalized spacial score (nSPS) is 18.1. The second-order valence-electron chi connectivity index (χ2n) is 7.54. The van der Waals surface area contributed by atoms with Gasteiger partial charge in [0.05, 0.1) is 15.8 Å². The summed E-state index contributed by atoms with van der Waals surface area (Å²) in [5.41, 5.74) is 2.03. The predicted octanol–water partition coefficient (Wildman–Crippen LogP) is 6.12. The van der Waals surface area contributed by atoms with Gasteiger partial charge < -0.3 is 10.1 Å². The molecule has 1 unspecified atom stereocenters. The van der Waals surface area contributed by atoms with Crippen LogP contribution in [0.2, 0.25) is 5.02 Å². The molecule has 1 saturated heterocycles. The number of halogens is 1. The van der Waals surface area contributed by atoms with Crippen molar-refractivity contribution in [3.63, 3.8) is 0 Å². The lowest BCUT2D eigenvalue weighted by molar-refractivity contribution is -0.132. The Labute approximate surface area is 200 Å². The lowest BCUT2D eigenvalue weighted by Crippen LogP contribution is -2.28. The van der Waals surface area contributed by atoms with Crippen molar-refractivity contribution in [2.45, 2.75) is 6.04 Å². The van der Waals surface area contributed by atoms with Gasteiger partial charge in [0.15, 0.2) is 5.13 Å². The Balaban J connectivity index is 1.58. The van der Waals surface area contributed by atoms with E-state index < -0.39 is 17.7 Å². The van der Waals surface area contributed by atoms with Crippen LogP contribution in [0.4, 0.5) is 5.13 Å². The molecule has 6 rings (SSSR count). The monoisotopic (exact) mass is 491 g/mol. The first-order valence-electron chi connectivity index (χ1n) is 10.00. The van der Waals surface area contributed by atoms with Crippen LogP contribution >= 0.6 is 34.3 Å². The number of aliphatic hydroxyl groups excluding tert-OH is 1. The summed E-state index contributed by atoms with van der Waals surface area (Å²) in [7, 11) is 0. The first-order valence-corrected chi connectivity index (χ1v) is 12.1. The molecular formula is C24H14ClN3O3S2. The van der Waals surface area contributed by atoms with Crippen LogP contribution in [0.25, 0.3) is 26.9 Å². The van der Waals surface area contributed by atoms with Gasteiger partial charge in [0.1, 0.15) is 11.8 Å². The number of fused-ring (bicyclic) bond motifs is 2. The lowest BCUT2D eigenvalue weighted by atomic mass is 9.99. The largest absolute Gasteiger partial charge is 0.507 e. The highest BCUT2D eigenvalue weighted by molar-refractivity contribution is 7.22. The van der Waals surface area contributed by atoms with Gasteiger partial charge in [0.2, 0.25) is 0 Å². The fraction of sp³-hybridized carbons (Fsp3) is 0.0417. The molecule has 1 aliphatic heterocycles. The number of rotatable bonds is 3. The number of amides is 1. The smallest absolute Gasteiger partial charge is 0.301 e. The van der Waals surface area contributed by atoms with Crippen LogP contribution in [-0.2, 0) is 9.59 Å². The van der Waals surface area contributed by atoms with Gasteiger partial charge in [-0.15, -0.1) is 11.3 Å². The topological polar surface area (TPSA) is 86.3 Å². The average Bonchev–Trinajstić information content (AvgIpc) is 3.59. The molecule has 2 aromatic carbocycles. The second-order valence-corrected chi connectivity index (χ2v) is 9.97. The molecule has 0 saturated carbocycles. The van der Waals surface area contributed by atoms with Crippen molar-refractivity contribution >= 4 is 78.0 Å². The molecule has 0 bridgehead atoms. The average molecular weight is 492 g/mol. The highest BCUT2D eigenvalue weighted by atomic mass is 35.5. The number of carbonyl (C=O) groups excluding carboxylic acids is 2. The number of thiazole rings is 1. The van der Waals surface area contributed by atoms with Crippen LogP contribution in [0, 0.1) is 0 Å². The standard InChI is InChI=1S/C24H14ClN3O3S2/c25-12-7-8-16-18(10-12)33-24(27-16)28-20(17-6-3-9-32-17)19(22(30)23(28)31)21(29)14-11-26-15-5-2-1-4-13(14)15/h1-11,20,26,29H/b21-19+. The van der Waals surface area contributed by atoms with E-state index in [1.54, 1.807) is 24.4 Å². The number of hydrogen-bond donors (Lipinski definition) is 2. The molecule has 1 atom stereocenters. The highest BCUT2D eigenvalue weighted by Crippen LogP contribution is 2.46. The van der Waals surface area contributed by atoms with E-state index in [0.29, 0.717) is 21.2 Å². The molecule has 2 N–H and O–H groups in total. The van der Waals surface area contributed by atoms with E-state index in [0.717, 1.165) is 20.5 Å². The Morgan fingerprint density at radius 3 is 2.79 bits per heavy atom. The van der Waals surface area contributed by atoms with Gasteiger partial charge >= 0.3 is 5.91 Å². The van der Waals surface area contributed by atoms with Gasteiger partial charge in [-0.3, -0.25) is 14.5 Å². The number of nitrogens with zero attached hydrogens (tertiary/aromatic N) is 2. The number of aliphatic hydroxyl groups is 1. The maximum Gasteiger partial charge on any atom is 0.301 e. The quantitative estimate of drug-likeness (QED) is 0.181. The number of Topliss-reactive ketones (excluding diaryl/α,β-unsaturated/α-hetero) is 1. The first kappa shape index (κ1) is 20.2. The van der Waals surface area contributed by atoms with Gasteiger partial charge in [0.25, 0.3) is 5.78 Å². The number of ketones is 1. The minimum atomic E-state index is -0.783. The number of aromatic amines is 1. The minimum absolute atomic E-state index is 0.0458. The van der Waals surface area contributed by atoms with E-state index in [9.17, 15) is 14.7 Å². The third-order valence-corrected chi connectivity index (χ3v) is 7.82. The predicted molar refractivity (Wildman–Crippen MR) is 132 cm³/mol. The van der Waals surface area contributed by atoms with Gasteiger partial charge in [-0.2, -0.15) is 0 Å². The van der Waals surface area contributed by atoms with Crippen LogP contribution in [0.3, 0.4) is 0 Å². The van der Waals surface area contributed by atoms with Gasteiger partial charge in [-0.25, -0.2) is 4.98 Å². The van der Waals surface area contributed by atoms with Crippen molar-refractivity contribution in [1.29, 1.82) is 0 Å². The second kappa shape index (κ2) is 7.55. The molecule has 0 spiro atoms. The summed E-state index contributed by atoms with van der Waals surface area (Å²) in [4.78, 5) is 36.4. The van der Waals surface area contributed by atoms with Crippen LogP contribution in [0.5, 0.6) is 0 Å². The summed E-state index contributed by atoms with van der Waals surface area (Å²) < 4.78 is 0.806. The highest BCUT2D eigenvalue weighted by Gasteiger charge is 2.48. The van der Waals surface area contributed by atoms with Crippen molar-refractivity contribution in [3.05, 3.63) is 87.2 Å². The third-order valence-electron chi connectivity index (χ3n) is 5.65. The summed E-state index contributed by atoms with van der Waals surface area (Å²) in [6, 6.07) is 15.7. The number of benzene rings is 2. The van der Waals surface area contributed by atoms with Crippen molar-refractivity contribution in [2.24, 2.45) is 0 Å². The van der Waals surface area contributed by atoms with Crippen LogP contribution in [0.15, 0.2) is 71.7 Å². The molecule has 5 aromatic rings. The molecule has 1 fully saturated rings. The zero-order valence-electron chi connectivity index (χ0n) is 16.8. The SMILES string of the molecule is O=C1C(=O)N(c2nc3ccc(Cl)cc3s2)C(c2cccs2)/C1=C(\O)c1c[nH]c2ccccc12. The van der Waals surface area contributed by atoms with E-state index in [4.69, 9.17) is 11.6 Å². The van der Waals surface area contributed by atoms with Crippen molar-refractivity contribution in [2.75, 3.05) is 4.90 Å². The van der Waals surface area contributed by atoms with Crippen LogP contribution in [-0.4, -0.2) is 26.8 Å². The third kappa shape index (κ3) is 3.10. The molecule has 6 nitrogen and oxygen atoms in total. The van der Waals surface area contributed by atoms with E-state index in [1.807, 2.05) is 41.8 Å². The number of carbonyl (C=O) groups is 2. The Kier molecular flexibility index (Phi) is 4.62. The Bertz CT molecular complexity index is 1600. The van der Waals surface area contributed by atoms with Crippen LogP contribution < -0.4 is 4.90 Å². The fourth-order valence-corrected chi connectivity index (χ4v) is 6.24. The summed E-state index contributed by atoms with van der Waals surface area (Å²) in [5, 5.41) is 14.9. The molecule has 0 radical (unpaired) electrons. The molecule has 1 amide bonds. The van der Waals surface area contributed by atoms with E-state index in [1.165, 1.54) is 27.6 Å². The maximum atomic E-state index is 13.3. The van der Waals surface area contributed by atoms with E-state index >= 15 is 0 Å². The number of para-hydroxylation sites is 1. The van der Waals surface area contributed by atoms with Crippen molar-refractivity contribution in [1.82, 2.24) is 9.97 Å². The summed E-state index contributed by atoms with van der Waals surface area (Å²) in [6.07, 6.45) is 1.65. The molecule has 1 aliphatic rings.